The molecule has 1 aliphatic heterocycles. The molecule has 1 aliphatic rings. The van der Waals surface area contributed by atoms with Gasteiger partial charge in [-0.05, 0) is 49.5 Å². The summed E-state index contributed by atoms with van der Waals surface area (Å²) in [5, 5.41) is 3.05. The number of thiophene rings is 1. The van der Waals surface area contributed by atoms with Crippen LogP contribution in [-0.4, -0.2) is 43.5 Å². The van der Waals surface area contributed by atoms with Crippen LogP contribution in [0.4, 0.5) is 0 Å². The normalized spacial score (nSPS) is 16.7. The summed E-state index contributed by atoms with van der Waals surface area (Å²) in [5.74, 6) is 0.195. The molecule has 1 fully saturated rings. The van der Waals surface area contributed by atoms with Crippen LogP contribution in [0.15, 0.2) is 42.5 Å². The van der Waals surface area contributed by atoms with Crippen molar-refractivity contribution in [3.05, 3.63) is 57.8 Å². The summed E-state index contributed by atoms with van der Waals surface area (Å²) in [6.07, 6.45) is 2.37. The van der Waals surface area contributed by atoms with Crippen molar-refractivity contribution in [2.75, 3.05) is 26.7 Å². The monoisotopic (exact) mass is 386 g/mol. The minimum Gasteiger partial charge on any atom is -0.465 e. The van der Waals surface area contributed by atoms with E-state index in [0.717, 1.165) is 30.3 Å². The number of likely N-dealkylation sites (tertiary alicyclic amines) is 1. The highest BCUT2D eigenvalue weighted by atomic mass is 32.1. The highest BCUT2D eigenvalue weighted by molar-refractivity contribution is 7.15. The molecular formula is C21H26N2O3S. The van der Waals surface area contributed by atoms with Gasteiger partial charge in [0.1, 0.15) is 4.88 Å². The minimum atomic E-state index is -0.413. The molecule has 1 aromatic carbocycles. The van der Waals surface area contributed by atoms with Crippen LogP contribution in [0.3, 0.4) is 0 Å². The van der Waals surface area contributed by atoms with Crippen molar-refractivity contribution in [1.82, 2.24) is 10.2 Å². The van der Waals surface area contributed by atoms with Gasteiger partial charge in [-0.15, -0.1) is 11.3 Å². The van der Waals surface area contributed by atoms with Gasteiger partial charge in [-0.25, -0.2) is 4.79 Å². The Kier molecular flexibility index (Phi) is 6.63. The zero-order valence-electron chi connectivity index (χ0n) is 15.8. The van der Waals surface area contributed by atoms with Gasteiger partial charge < -0.3 is 10.1 Å². The van der Waals surface area contributed by atoms with Gasteiger partial charge in [0, 0.05) is 6.54 Å². The van der Waals surface area contributed by atoms with Crippen molar-refractivity contribution >= 4 is 23.2 Å². The summed E-state index contributed by atoms with van der Waals surface area (Å²) < 4.78 is 4.71. The van der Waals surface area contributed by atoms with E-state index in [4.69, 9.17) is 4.74 Å². The van der Waals surface area contributed by atoms with Gasteiger partial charge >= 0.3 is 5.97 Å². The maximum atomic E-state index is 12.6. The lowest BCUT2D eigenvalue weighted by Crippen LogP contribution is -2.41. The first-order valence-corrected chi connectivity index (χ1v) is 10.2. The van der Waals surface area contributed by atoms with E-state index < -0.39 is 5.97 Å². The van der Waals surface area contributed by atoms with Crippen molar-refractivity contribution in [1.29, 1.82) is 0 Å². The molecule has 1 amide bonds. The Balaban J connectivity index is 1.68. The Hall–Kier alpha value is -2.18. The fraction of sp³-hybridized carbons (Fsp3) is 0.429. The standard InChI is InChI=1S/C21H26N2O3S/c1-15-10-12-23(13-11-15)17(16-6-4-3-5-7-16)14-22-20(24)18-8-9-19(27-18)21(25)26-2/h3-9,15,17H,10-14H2,1-2H3,(H,22,24). The van der Waals surface area contributed by atoms with Crippen LogP contribution in [0.2, 0.25) is 0 Å². The van der Waals surface area contributed by atoms with Crippen LogP contribution >= 0.6 is 11.3 Å². The van der Waals surface area contributed by atoms with E-state index in [9.17, 15) is 9.59 Å². The molecule has 0 aliphatic carbocycles. The fourth-order valence-corrected chi connectivity index (χ4v) is 4.26. The summed E-state index contributed by atoms with van der Waals surface area (Å²) in [7, 11) is 1.34. The van der Waals surface area contributed by atoms with Crippen molar-refractivity contribution < 1.29 is 14.3 Å². The van der Waals surface area contributed by atoms with Crippen molar-refractivity contribution in [3.8, 4) is 0 Å². The molecule has 1 saturated heterocycles. The van der Waals surface area contributed by atoms with E-state index in [2.05, 4.69) is 29.3 Å². The molecule has 2 heterocycles. The highest BCUT2D eigenvalue weighted by Crippen LogP contribution is 2.26. The number of carbonyl (C=O) groups is 2. The molecule has 0 radical (unpaired) electrons. The molecule has 2 aromatic rings. The first-order valence-electron chi connectivity index (χ1n) is 9.34. The molecule has 1 atom stereocenters. The van der Waals surface area contributed by atoms with Gasteiger partial charge in [-0.2, -0.15) is 0 Å². The van der Waals surface area contributed by atoms with Crippen LogP contribution in [-0.2, 0) is 4.74 Å². The van der Waals surface area contributed by atoms with Crippen LogP contribution in [0.5, 0.6) is 0 Å². The fourth-order valence-electron chi connectivity index (χ4n) is 3.42. The number of ether oxygens (including phenoxy) is 1. The highest BCUT2D eigenvalue weighted by Gasteiger charge is 2.25. The molecule has 0 saturated carbocycles. The number of benzene rings is 1. The molecule has 144 valence electrons. The number of rotatable bonds is 6. The van der Waals surface area contributed by atoms with Gasteiger partial charge in [-0.1, -0.05) is 37.3 Å². The number of methoxy groups -OCH3 is 1. The third-order valence-electron chi connectivity index (χ3n) is 5.12. The predicted molar refractivity (Wildman–Crippen MR) is 107 cm³/mol. The Labute approximate surface area is 164 Å². The number of hydrogen-bond donors (Lipinski definition) is 1. The second-order valence-corrected chi connectivity index (χ2v) is 8.09. The smallest absolute Gasteiger partial charge is 0.348 e. The van der Waals surface area contributed by atoms with Crippen molar-refractivity contribution in [2.24, 2.45) is 5.92 Å². The summed E-state index contributed by atoms with van der Waals surface area (Å²) in [5.41, 5.74) is 1.22. The first kappa shape index (κ1) is 19.6. The summed E-state index contributed by atoms with van der Waals surface area (Å²) in [4.78, 5) is 27.6. The molecule has 27 heavy (non-hydrogen) atoms. The van der Waals surface area contributed by atoms with E-state index in [1.54, 1.807) is 12.1 Å². The number of hydrogen-bond acceptors (Lipinski definition) is 5. The number of nitrogens with one attached hydrogen (secondary N) is 1. The molecule has 1 unspecified atom stereocenters. The van der Waals surface area contributed by atoms with E-state index >= 15 is 0 Å². The molecule has 0 spiro atoms. The van der Waals surface area contributed by atoms with Crippen LogP contribution < -0.4 is 5.32 Å². The van der Waals surface area contributed by atoms with Gasteiger partial charge in [-0.3, -0.25) is 9.69 Å². The van der Waals surface area contributed by atoms with Crippen LogP contribution in [0.25, 0.3) is 0 Å². The molecule has 6 heteroatoms. The third-order valence-corrected chi connectivity index (χ3v) is 6.18. The van der Waals surface area contributed by atoms with E-state index in [-0.39, 0.29) is 11.9 Å². The summed E-state index contributed by atoms with van der Waals surface area (Å²) >= 11 is 1.16. The number of amides is 1. The SMILES string of the molecule is COC(=O)c1ccc(C(=O)NCC(c2ccccc2)N2CCC(C)CC2)s1. The summed E-state index contributed by atoms with van der Waals surface area (Å²) in [6, 6.07) is 13.8. The maximum absolute atomic E-state index is 12.6. The number of piperidine rings is 1. The zero-order chi connectivity index (χ0) is 19.2. The molecular weight excluding hydrogens is 360 g/mol. The molecule has 0 bridgehead atoms. The maximum Gasteiger partial charge on any atom is 0.348 e. The van der Waals surface area contributed by atoms with Gasteiger partial charge in [0.25, 0.3) is 5.91 Å². The lowest BCUT2D eigenvalue weighted by atomic mass is 9.95. The van der Waals surface area contributed by atoms with Gasteiger partial charge in [0.2, 0.25) is 0 Å². The van der Waals surface area contributed by atoms with E-state index in [0.29, 0.717) is 16.3 Å². The zero-order valence-corrected chi connectivity index (χ0v) is 16.6. The minimum absolute atomic E-state index is 0.151. The van der Waals surface area contributed by atoms with Gasteiger partial charge in [0.05, 0.1) is 18.0 Å². The summed E-state index contributed by atoms with van der Waals surface area (Å²) in [6.45, 7) is 4.93. The third kappa shape index (κ3) is 4.96. The molecule has 1 N–H and O–H groups in total. The topological polar surface area (TPSA) is 58.6 Å². The first-order chi connectivity index (χ1) is 13.1. The van der Waals surface area contributed by atoms with Crippen LogP contribution in [0, 0.1) is 5.92 Å². The Morgan fingerprint density at radius 3 is 2.48 bits per heavy atom. The van der Waals surface area contributed by atoms with Crippen molar-refractivity contribution in [3.63, 3.8) is 0 Å². The number of carbonyl (C=O) groups excluding carboxylic acids is 2. The lowest BCUT2D eigenvalue weighted by Gasteiger charge is -2.37. The average molecular weight is 387 g/mol. The van der Waals surface area contributed by atoms with Crippen molar-refractivity contribution in [2.45, 2.75) is 25.8 Å². The Bertz CT molecular complexity index is 767. The molecule has 1 aromatic heterocycles. The van der Waals surface area contributed by atoms with Gasteiger partial charge in [0.15, 0.2) is 0 Å². The molecule has 3 rings (SSSR count). The Morgan fingerprint density at radius 1 is 1.15 bits per heavy atom. The lowest BCUT2D eigenvalue weighted by molar-refractivity contribution is 0.0606. The number of esters is 1. The van der Waals surface area contributed by atoms with E-state index in [1.807, 2.05) is 18.2 Å². The van der Waals surface area contributed by atoms with Crippen LogP contribution in [0.1, 0.15) is 50.7 Å². The molecule has 5 nitrogen and oxygen atoms in total. The Morgan fingerprint density at radius 2 is 1.81 bits per heavy atom. The quantitative estimate of drug-likeness (QED) is 0.769. The number of nitrogens with zero attached hydrogens (tertiary/aromatic N) is 1. The second-order valence-electron chi connectivity index (χ2n) is 7.01. The largest absolute Gasteiger partial charge is 0.465 e. The predicted octanol–water partition coefficient (Wildman–Crippen LogP) is 3.74. The average Bonchev–Trinajstić information content (AvgIpc) is 3.20. The van der Waals surface area contributed by atoms with E-state index in [1.165, 1.54) is 25.5 Å². The second kappa shape index (κ2) is 9.15.